The van der Waals surface area contributed by atoms with Crippen LogP contribution in [0.2, 0.25) is 0 Å². The Morgan fingerprint density at radius 1 is 1.10 bits per heavy atom. The van der Waals surface area contributed by atoms with Crippen LogP contribution in [0.4, 0.5) is 10.3 Å². The zero-order valence-electron chi connectivity index (χ0n) is 18.4. The molecule has 0 aliphatic carbocycles. The van der Waals surface area contributed by atoms with Crippen LogP contribution in [0.25, 0.3) is 0 Å². The van der Waals surface area contributed by atoms with Gasteiger partial charge in [-0.3, -0.25) is 14.5 Å². The summed E-state index contributed by atoms with van der Waals surface area (Å²) >= 11 is 1.48. The fourth-order valence-electron chi connectivity index (χ4n) is 4.25. The van der Waals surface area contributed by atoms with Gasteiger partial charge in [0.15, 0.2) is 0 Å². The quantitative estimate of drug-likeness (QED) is 0.537. The maximum atomic E-state index is 12.5. The normalized spacial score (nSPS) is 17.9. The molecule has 30 heavy (non-hydrogen) atoms. The van der Waals surface area contributed by atoms with Gasteiger partial charge in [0, 0.05) is 38.5 Å². The lowest BCUT2D eigenvalue weighted by Crippen LogP contribution is -2.41. The lowest BCUT2D eigenvalue weighted by molar-refractivity contribution is -0.125. The highest BCUT2D eigenvalue weighted by molar-refractivity contribution is 7.19. The summed E-state index contributed by atoms with van der Waals surface area (Å²) in [6.45, 7) is 10.9. The van der Waals surface area contributed by atoms with Gasteiger partial charge in [0.25, 0.3) is 0 Å². The second kappa shape index (κ2) is 11.6. The van der Waals surface area contributed by atoms with E-state index in [0.717, 1.165) is 76.6 Å². The van der Waals surface area contributed by atoms with Gasteiger partial charge in [-0.1, -0.05) is 25.2 Å². The Morgan fingerprint density at radius 3 is 2.43 bits per heavy atom. The molecule has 2 aliphatic rings. The van der Waals surface area contributed by atoms with E-state index in [2.05, 4.69) is 39.2 Å². The summed E-state index contributed by atoms with van der Waals surface area (Å²) in [5.41, 5.74) is 0. The standard InChI is InChI=1S/C21H36N6O2S/c1-3-11-25(12-4-2)13-6-10-22-19(29)17-8-15-26(16-9-17)20-23-24-21(30-20)27-14-5-7-18(27)28/h17H,3-16H2,1-2H3,(H,22,29). The first-order valence-electron chi connectivity index (χ1n) is 11.5. The zero-order valence-corrected chi connectivity index (χ0v) is 19.3. The molecule has 1 aromatic heterocycles. The van der Waals surface area contributed by atoms with Crippen molar-refractivity contribution in [2.75, 3.05) is 55.6 Å². The van der Waals surface area contributed by atoms with E-state index in [1.165, 1.54) is 24.2 Å². The largest absolute Gasteiger partial charge is 0.356 e. The number of nitrogens with one attached hydrogen (secondary N) is 1. The van der Waals surface area contributed by atoms with Gasteiger partial charge in [0.05, 0.1) is 0 Å². The Hall–Kier alpha value is -1.74. The summed E-state index contributed by atoms with van der Waals surface area (Å²) in [5.74, 6) is 0.407. The van der Waals surface area contributed by atoms with E-state index in [1.807, 2.05) is 0 Å². The first kappa shape index (κ1) is 22.9. The molecule has 2 amide bonds. The van der Waals surface area contributed by atoms with E-state index in [4.69, 9.17) is 0 Å². The molecule has 3 heterocycles. The summed E-state index contributed by atoms with van der Waals surface area (Å²) in [6, 6.07) is 0. The topological polar surface area (TPSA) is 81.7 Å². The number of aromatic nitrogens is 2. The van der Waals surface area contributed by atoms with Crippen LogP contribution in [0.15, 0.2) is 0 Å². The molecule has 0 atom stereocenters. The second-order valence-electron chi connectivity index (χ2n) is 8.26. The molecule has 2 aliphatic heterocycles. The molecule has 9 heteroatoms. The van der Waals surface area contributed by atoms with Crippen molar-refractivity contribution in [1.82, 2.24) is 20.4 Å². The molecule has 8 nitrogen and oxygen atoms in total. The SMILES string of the molecule is CCCN(CCC)CCCNC(=O)C1CCN(c2nnc(N3CCCC3=O)s2)CC1. The lowest BCUT2D eigenvalue weighted by atomic mass is 9.96. The minimum absolute atomic E-state index is 0.0798. The molecular formula is C21H36N6O2S. The predicted octanol–water partition coefficient (Wildman–Crippen LogP) is 2.51. The molecule has 1 aromatic rings. The van der Waals surface area contributed by atoms with Gasteiger partial charge in [0.1, 0.15) is 0 Å². The van der Waals surface area contributed by atoms with E-state index in [0.29, 0.717) is 11.6 Å². The van der Waals surface area contributed by atoms with Crippen molar-refractivity contribution in [2.45, 2.75) is 58.8 Å². The third-order valence-electron chi connectivity index (χ3n) is 5.87. The van der Waals surface area contributed by atoms with Crippen LogP contribution in [0.5, 0.6) is 0 Å². The van der Waals surface area contributed by atoms with Gasteiger partial charge in [-0.15, -0.1) is 10.2 Å². The van der Waals surface area contributed by atoms with Crippen molar-refractivity contribution in [2.24, 2.45) is 5.92 Å². The highest BCUT2D eigenvalue weighted by Crippen LogP contribution is 2.32. The van der Waals surface area contributed by atoms with Crippen molar-refractivity contribution in [3.8, 4) is 0 Å². The molecule has 168 valence electrons. The van der Waals surface area contributed by atoms with Crippen LogP contribution in [-0.2, 0) is 9.59 Å². The summed E-state index contributed by atoms with van der Waals surface area (Å²) in [5, 5.41) is 13.2. The van der Waals surface area contributed by atoms with Crippen LogP contribution in [-0.4, -0.2) is 72.7 Å². The highest BCUT2D eigenvalue weighted by atomic mass is 32.1. The lowest BCUT2D eigenvalue weighted by Gasteiger charge is -2.30. The smallest absolute Gasteiger partial charge is 0.228 e. The Labute approximate surface area is 184 Å². The van der Waals surface area contributed by atoms with Crippen LogP contribution in [0, 0.1) is 5.92 Å². The van der Waals surface area contributed by atoms with Crippen molar-refractivity contribution in [3.63, 3.8) is 0 Å². The average Bonchev–Trinajstić information content (AvgIpc) is 3.40. The Morgan fingerprint density at radius 2 is 1.80 bits per heavy atom. The molecule has 3 rings (SSSR count). The van der Waals surface area contributed by atoms with Crippen molar-refractivity contribution in [3.05, 3.63) is 0 Å². The minimum atomic E-state index is 0.0798. The van der Waals surface area contributed by atoms with E-state index in [-0.39, 0.29) is 17.7 Å². The Kier molecular flexibility index (Phi) is 8.87. The van der Waals surface area contributed by atoms with Gasteiger partial charge in [-0.25, -0.2) is 0 Å². The molecule has 0 bridgehead atoms. The minimum Gasteiger partial charge on any atom is -0.356 e. The van der Waals surface area contributed by atoms with Gasteiger partial charge >= 0.3 is 0 Å². The van der Waals surface area contributed by atoms with E-state index < -0.39 is 0 Å². The molecule has 0 saturated carbocycles. The van der Waals surface area contributed by atoms with Gasteiger partial charge in [-0.2, -0.15) is 0 Å². The maximum absolute atomic E-state index is 12.5. The summed E-state index contributed by atoms with van der Waals surface area (Å²) in [7, 11) is 0. The van der Waals surface area contributed by atoms with Crippen LogP contribution in [0.1, 0.15) is 58.8 Å². The van der Waals surface area contributed by atoms with Crippen LogP contribution in [0.3, 0.4) is 0 Å². The highest BCUT2D eigenvalue weighted by Gasteiger charge is 2.29. The molecule has 0 radical (unpaired) electrons. The molecular weight excluding hydrogens is 400 g/mol. The molecule has 1 N–H and O–H groups in total. The Bertz CT molecular complexity index is 683. The first-order chi connectivity index (χ1) is 14.6. The monoisotopic (exact) mass is 436 g/mol. The molecule has 0 aromatic carbocycles. The maximum Gasteiger partial charge on any atom is 0.228 e. The van der Waals surface area contributed by atoms with Gasteiger partial charge in [0.2, 0.25) is 22.1 Å². The molecule has 2 saturated heterocycles. The zero-order chi connectivity index (χ0) is 21.3. The van der Waals surface area contributed by atoms with Crippen molar-refractivity contribution < 1.29 is 9.59 Å². The van der Waals surface area contributed by atoms with E-state index >= 15 is 0 Å². The van der Waals surface area contributed by atoms with E-state index in [1.54, 1.807) is 4.90 Å². The van der Waals surface area contributed by atoms with Crippen molar-refractivity contribution in [1.29, 1.82) is 0 Å². The number of nitrogens with zero attached hydrogens (tertiary/aromatic N) is 5. The summed E-state index contributed by atoms with van der Waals surface area (Å²) < 4.78 is 0. The average molecular weight is 437 g/mol. The number of hydrogen-bond acceptors (Lipinski definition) is 7. The van der Waals surface area contributed by atoms with Crippen molar-refractivity contribution >= 4 is 33.4 Å². The number of amides is 2. The van der Waals surface area contributed by atoms with Gasteiger partial charge < -0.3 is 15.1 Å². The number of anilines is 2. The fourth-order valence-corrected chi connectivity index (χ4v) is 5.20. The number of piperidine rings is 1. The first-order valence-corrected chi connectivity index (χ1v) is 12.3. The fraction of sp³-hybridized carbons (Fsp3) is 0.810. The number of carbonyl (C=O) groups excluding carboxylic acids is 2. The van der Waals surface area contributed by atoms with Crippen LogP contribution < -0.4 is 15.1 Å². The van der Waals surface area contributed by atoms with Gasteiger partial charge in [-0.05, 0) is 58.2 Å². The van der Waals surface area contributed by atoms with E-state index in [9.17, 15) is 9.59 Å². The summed E-state index contributed by atoms with van der Waals surface area (Å²) in [6.07, 6.45) is 6.52. The second-order valence-corrected chi connectivity index (χ2v) is 9.20. The summed E-state index contributed by atoms with van der Waals surface area (Å²) in [4.78, 5) is 30.8. The molecule has 0 unspecified atom stereocenters. The number of rotatable bonds is 11. The third kappa shape index (κ3) is 6.14. The Balaban J connectivity index is 1.37. The predicted molar refractivity (Wildman–Crippen MR) is 121 cm³/mol. The molecule has 0 spiro atoms. The van der Waals surface area contributed by atoms with Crippen LogP contribution >= 0.6 is 11.3 Å². The number of hydrogen-bond donors (Lipinski definition) is 1. The third-order valence-corrected chi connectivity index (χ3v) is 6.88. The molecule has 2 fully saturated rings. The number of carbonyl (C=O) groups is 2.